The van der Waals surface area contributed by atoms with Crippen molar-refractivity contribution in [2.45, 2.75) is 0 Å². The van der Waals surface area contributed by atoms with Gasteiger partial charge in [-0.25, -0.2) is 4.98 Å². The number of pyridine rings is 1. The molecule has 0 amide bonds. The molecule has 0 aliphatic rings. The smallest absolute Gasteiger partial charge is 0.142 e. The minimum Gasteiger partial charge on any atom is -0.398 e. The number of para-hydroxylation sites is 3. The van der Waals surface area contributed by atoms with E-state index in [2.05, 4.69) is 15.0 Å². The Kier molecular flexibility index (Phi) is 2.23. The molecule has 0 unspecified atom stereocenters. The van der Waals surface area contributed by atoms with Gasteiger partial charge in [0.2, 0.25) is 0 Å². The molecule has 0 aliphatic heterocycles. The van der Waals surface area contributed by atoms with E-state index in [1.54, 1.807) is 6.20 Å². The van der Waals surface area contributed by atoms with E-state index >= 15 is 0 Å². The van der Waals surface area contributed by atoms with Crippen LogP contribution in [0.2, 0.25) is 0 Å². The lowest BCUT2D eigenvalue weighted by atomic mass is 10.1. The molecule has 2 heterocycles. The first-order valence-corrected chi connectivity index (χ1v) is 6.41. The Morgan fingerprint density at radius 2 is 1.65 bits per heavy atom. The fraction of sp³-hybridized carbons (Fsp3) is 0. The van der Waals surface area contributed by atoms with Crippen LogP contribution < -0.4 is 5.73 Å². The molecule has 2 aromatic carbocycles. The molecule has 0 radical (unpaired) electrons. The minimum atomic E-state index is 0.703. The Labute approximate surface area is 115 Å². The van der Waals surface area contributed by atoms with Crippen LogP contribution in [0, 0.1) is 0 Å². The summed E-state index contributed by atoms with van der Waals surface area (Å²) < 4.78 is 0. The fourth-order valence-corrected chi connectivity index (χ4v) is 2.43. The summed E-state index contributed by atoms with van der Waals surface area (Å²) in [6.45, 7) is 0. The second kappa shape index (κ2) is 4.06. The predicted octanol–water partition coefficient (Wildman–Crippen LogP) is 3.36. The molecule has 0 saturated heterocycles. The number of imidazole rings is 1. The molecule has 3 N–H and O–H groups in total. The predicted molar refractivity (Wildman–Crippen MR) is 81.2 cm³/mol. The highest BCUT2D eigenvalue weighted by Gasteiger charge is 2.11. The number of nitrogen functional groups attached to an aromatic ring is 1. The normalized spacial score (nSPS) is 11.2. The summed E-state index contributed by atoms with van der Waals surface area (Å²) in [7, 11) is 0. The van der Waals surface area contributed by atoms with Crippen LogP contribution in [-0.2, 0) is 0 Å². The third-order valence-electron chi connectivity index (χ3n) is 3.46. The molecule has 0 aliphatic carbocycles. The quantitative estimate of drug-likeness (QED) is 0.551. The van der Waals surface area contributed by atoms with Gasteiger partial charge in [0.25, 0.3) is 0 Å². The summed E-state index contributed by atoms with van der Waals surface area (Å²) >= 11 is 0. The van der Waals surface area contributed by atoms with E-state index in [1.807, 2.05) is 48.5 Å². The molecule has 4 rings (SSSR count). The van der Waals surface area contributed by atoms with Crippen LogP contribution in [0.25, 0.3) is 33.3 Å². The van der Waals surface area contributed by atoms with Gasteiger partial charge in [-0.2, -0.15) is 0 Å². The van der Waals surface area contributed by atoms with E-state index in [9.17, 15) is 0 Å². The number of nitrogens with zero attached hydrogens (tertiary/aromatic N) is 2. The number of aromatic nitrogens is 3. The Bertz CT molecular complexity index is 891. The van der Waals surface area contributed by atoms with Gasteiger partial charge in [-0.15, -0.1) is 0 Å². The maximum Gasteiger partial charge on any atom is 0.142 e. The average molecular weight is 260 g/mol. The number of H-pyrrole nitrogens is 1. The summed E-state index contributed by atoms with van der Waals surface area (Å²) in [5, 5.41) is 0.949. The van der Waals surface area contributed by atoms with Crippen molar-refractivity contribution in [3.8, 4) is 11.4 Å². The van der Waals surface area contributed by atoms with Crippen molar-refractivity contribution in [1.29, 1.82) is 0 Å². The molecule has 4 aromatic rings. The molecular weight excluding hydrogens is 248 g/mol. The van der Waals surface area contributed by atoms with Crippen LogP contribution in [0.5, 0.6) is 0 Å². The molecule has 2 aromatic heterocycles. The topological polar surface area (TPSA) is 67.6 Å². The molecule has 4 heteroatoms. The van der Waals surface area contributed by atoms with Gasteiger partial charge in [0.15, 0.2) is 0 Å². The van der Waals surface area contributed by atoms with Crippen LogP contribution in [0.3, 0.4) is 0 Å². The summed E-state index contributed by atoms with van der Waals surface area (Å²) in [6, 6.07) is 15.8. The maximum atomic E-state index is 6.27. The first kappa shape index (κ1) is 11.0. The van der Waals surface area contributed by atoms with E-state index in [-0.39, 0.29) is 0 Å². The molecule has 4 nitrogen and oxygen atoms in total. The molecule has 0 saturated carbocycles. The maximum absolute atomic E-state index is 6.27. The lowest BCUT2D eigenvalue weighted by Gasteiger charge is -2.05. The number of fused-ring (bicyclic) bond motifs is 2. The van der Waals surface area contributed by atoms with E-state index in [4.69, 9.17) is 5.73 Å². The van der Waals surface area contributed by atoms with Crippen molar-refractivity contribution < 1.29 is 0 Å². The van der Waals surface area contributed by atoms with Crippen molar-refractivity contribution in [2.75, 3.05) is 5.73 Å². The van der Waals surface area contributed by atoms with Gasteiger partial charge >= 0.3 is 0 Å². The van der Waals surface area contributed by atoms with Gasteiger partial charge in [0.05, 0.1) is 27.8 Å². The van der Waals surface area contributed by atoms with Crippen molar-refractivity contribution in [1.82, 2.24) is 15.0 Å². The van der Waals surface area contributed by atoms with Gasteiger partial charge < -0.3 is 10.7 Å². The highest BCUT2D eigenvalue weighted by molar-refractivity contribution is 5.97. The first-order chi connectivity index (χ1) is 9.83. The lowest BCUT2D eigenvalue weighted by Crippen LogP contribution is -1.94. The molecule has 96 valence electrons. The number of nitrogens with two attached hydrogens (primary N) is 1. The zero-order valence-electron chi connectivity index (χ0n) is 10.7. The van der Waals surface area contributed by atoms with Gasteiger partial charge in [-0.05, 0) is 18.2 Å². The average Bonchev–Trinajstić information content (AvgIpc) is 2.91. The number of anilines is 1. The summed E-state index contributed by atoms with van der Waals surface area (Å²) in [5.74, 6) is 0.752. The molecule has 0 spiro atoms. The Hall–Kier alpha value is -2.88. The van der Waals surface area contributed by atoms with Crippen molar-refractivity contribution in [2.24, 2.45) is 0 Å². The van der Waals surface area contributed by atoms with Crippen LogP contribution in [0.15, 0.2) is 54.7 Å². The lowest BCUT2D eigenvalue weighted by molar-refractivity contribution is 1.31. The Morgan fingerprint density at radius 3 is 2.50 bits per heavy atom. The van der Waals surface area contributed by atoms with Crippen molar-refractivity contribution >= 4 is 27.6 Å². The van der Waals surface area contributed by atoms with Gasteiger partial charge in [-0.3, -0.25) is 4.98 Å². The van der Waals surface area contributed by atoms with Gasteiger partial charge in [0, 0.05) is 11.6 Å². The number of hydrogen-bond acceptors (Lipinski definition) is 3. The largest absolute Gasteiger partial charge is 0.398 e. The van der Waals surface area contributed by atoms with Gasteiger partial charge in [0.1, 0.15) is 5.82 Å². The number of rotatable bonds is 1. The van der Waals surface area contributed by atoms with Crippen LogP contribution in [0.1, 0.15) is 0 Å². The first-order valence-electron chi connectivity index (χ1n) is 6.41. The summed E-state index contributed by atoms with van der Waals surface area (Å²) in [5.41, 5.74) is 10.6. The van der Waals surface area contributed by atoms with E-state index in [0.717, 1.165) is 33.3 Å². The Morgan fingerprint density at radius 1 is 0.900 bits per heavy atom. The van der Waals surface area contributed by atoms with Crippen LogP contribution in [0.4, 0.5) is 5.69 Å². The Balaban J connectivity index is 1.99. The molecular formula is C16H12N4. The third-order valence-corrected chi connectivity index (χ3v) is 3.46. The number of benzene rings is 2. The van der Waals surface area contributed by atoms with Gasteiger partial charge in [-0.1, -0.05) is 30.3 Å². The highest BCUT2D eigenvalue weighted by atomic mass is 14.9. The molecule has 0 bridgehead atoms. The molecule has 20 heavy (non-hydrogen) atoms. The van der Waals surface area contributed by atoms with E-state index < -0.39 is 0 Å². The third kappa shape index (κ3) is 1.55. The van der Waals surface area contributed by atoms with Crippen LogP contribution >= 0.6 is 0 Å². The fourth-order valence-electron chi connectivity index (χ4n) is 2.43. The summed E-state index contributed by atoms with van der Waals surface area (Å²) in [6.07, 6.45) is 1.77. The second-order valence-corrected chi connectivity index (χ2v) is 4.71. The molecule has 0 atom stereocenters. The number of hydrogen-bond donors (Lipinski definition) is 2. The van der Waals surface area contributed by atoms with E-state index in [0.29, 0.717) is 5.69 Å². The van der Waals surface area contributed by atoms with E-state index in [1.165, 1.54) is 0 Å². The SMILES string of the molecule is Nc1c(-c2nc3ccccc3[nH]2)cnc2ccccc12. The zero-order chi connectivity index (χ0) is 13.5. The zero-order valence-corrected chi connectivity index (χ0v) is 10.7. The standard InChI is InChI=1S/C16H12N4/c17-15-10-5-1-2-6-12(10)18-9-11(15)16-19-13-7-3-4-8-14(13)20-16/h1-9H,(H2,17,18)(H,19,20). The minimum absolute atomic E-state index is 0.703. The monoisotopic (exact) mass is 260 g/mol. The second-order valence-electron chi connectivity index (χ2n) is 4.71. The summed E-state index contributed by atoms with van der Waals surface area (Å²) in [4.78, 5) is 12.3. The van der Waals surface area contributed by atoms with Crippen molar-refractivity contribution in [3.63, 3.8) is 0 Å². The number of aromatic amines is 1. The molecule has 0 fully saturated rings. The van der Waals surface area contributed by atoms with Crippen LogP contribution in [-0.4, -0.2) is 15.0 Å². The highest BCUT2D eigenvalue weighted by Crippen LogP contribution is 2.30. The van der Waals surface area contributed by atoms with Crippen molar-refractivity contribution in [3.05, 3.63) is 54.7 Å². The number of nitrogens with one attached hydrogen (secondary N) is 1.